The van der Waals surface area contributed by atoms with E-state index in [4.69, 9.17) is 4.52 Å². The van der Waals surface area contributed by atoms with Gasteiger partial charge in [-0.25, -0.2) is 0 Å². The molecule has 1 fully saturated rings. The Hall–Kier alpha value is -3.36. The number of amides is 1. The highest BCUT2D eigenvalue weighted by Crippen LogP contribution is 2.35. The number of rotatable bonds is 5. The van der Waals surface area contributed by atoms with Crippen LogP contribution in [-0.2, 0) is 11.3 Å². The van der Waals surface area contributed by atoms with E-state index in [2.05, 4.69) is 14.9 Å². The number of carbonyl (C=O) groups is 1. The van der Waals surface area contributed by atoms with Crippen LogP contribution in [0.3, 0.4) is 0 Å². The smallest absolute Gasteiger partial charge is 0.406 e. The molecule has 1 atom stereocenters. The van der Waals surface area contributed by atoms with Crippen LogP contribution in [0.15, 0.2) is 47.0 Å². The van der Waals surface area contributed by atoms with Crippen LogP contribution in [0.1, 0.15) is 41.5 Å². The quantitative estimate of drug-likeness (QED) is 0.561. The summed E-state index contributed by atoms with van der Waals surface area (Å²) in [5, 5.41) is 4.09. The molecule has 6 nitrogen and oxygen atoms in total. The Bertz CT molecular complexity index is 1090. The maximum Gasteiger partial charge on any atom is 0.573 e. The molecule has 0 N–H and O–H groups in total. The fourth-order valence-corrected chi connectivity index (χ4v) is 3.73. The summed E-state index contributed by atoms with van der Waals surface area (Å²) in [4.78, 5) is 18.6. The Kier molecular flexibility index (Phi) is 5.43. The normalized spacial score (nSPS) is 16.7. The second kappa shape index (κ2) is 8.05. The Morgan fingerprint density at radius 3 is 2.58 bits per heavy atom. The van der Waals surface area contributed by atoms with Crippen LogP contribution >= 0.6 is 0 Å². The van der Waals surface area contributed by atoms with E-state index in [1.165, 1.54) is 24.3 Å². The van der Waals surface area contributed by atoms with Gasteiger partial charge in [-0.15, -0.1) is 13.2 Å². The summed E-state index contributed by atoms with van der Waals surface area (Å²) in [6.07, 6.45) is -3.88. The van der Waals surface area contributed by atoms with Crippen molar-refractivity contribution in [2.75, 3.05) is 0 Å². The highest BCUT2D eigenvalue weighted by Gasteiger charge is 2.36. The van der Waals surface area contributed by atoms with Crippen LogP contribution in [-0.4, -0.2) is 27.3 Å². The molecule has 0 radical (unpaired) electrons. The number of aromatic nitrogens is 2. The number of benzene rings is 2. The van der Waals surface area contributed by atoms with Gasteiger partial charge in [0.1, 0.15) is 11.8 Å². The van der Waals surface area contributed by atoms with Gasteiger partial charge in [0.25, 0.3) is 0 Å². The van der Waals surface area contributed by atoms with Gasteiger partial charge >= 0.3 is 6.36 Å². The van der Waals surface area contributed by atoms with Crippen LogP contribution in [0.5, 0.6) is 5.75 Å². The minimum absolute atomic E-state index is 0.0770. The monoisotopic (exact) mass is 431 g/mol. The maximum absolute atomic E-state index is 12.4. The third kappa shape index (κ3) is 4.70. The summed E-state index contributed by atoms with van der Waals surface area (Å²) in [7, 11) is 0. The fourth-order valence-electron chi connectivity index (χ4n) is 3.73. The molecule has 2 aromatic carbocycles. The van der Waals surface area contributed by atoms with Crippen molar-refractivity contribution in [1.29, 1.82) is 0 Å². The molecular formula is C22H20F3N3O3. The molecule has 1 aliphatic rings. The lowest BCUT2D eigenvalue weighted by Gasteiger charge is -2.22. The van der Waals surface area contributed by atoms with Gasteiger partial charge < -0.3 is 14.2 Å². The number of ether oxygens (including phenoxy) is 1. The molecule has 1 saturated heterocycles. The van der Waals surface area contributed by atoms with E-state index in [0.29, 0.717) is 30.1 Å². The van der Waals surface area contributed by atoms with Crippen molar-refractivity contribution in [3.63, 3.8) is 0 Å². The van der Waals surface area contributed by atoms with Crippen molar-refractivity contribution in [1.82, 2.24) is 15.0 Å². The number of carbonyl (C=O) groups excluding carboxylic acids is 1. The predicted octanol–water partition coefficient (Wildman–Crippen LogP) is 5.12. The summed E-state index contributed by atoms with van der Waals surface area (Å²) in [6, 6.07) is 11.0. The lowest BCUT2D eigenvalue weighted by molar-refractivity contribution is -0.274. The van der Waals surface area contributed by atoms with Gasteiger partial charge in [0.15, 0.2) is 0 Å². The third-order valence-corrected chi connectivity index (χ3v) is 5.19. The summed E-state index contributed by atoms with van der Waals surface area (Å²) < 4.78 is 46.4. The molecule has 1 aromatic heterocycles. The van der Waals surface area contributed by atoms with Crippen molar-refractivity contribution in [3.8, 4) is 17.1 Å². The lowest BCUT2D eigenvalue weighted by Crippen LogP contribution is -2.27. The molecule has 0 spiro atoms. The predicted molar refractivity (Wildman–Crippen MR) is 105 cm³/mol. The van der Waals surface area contributed by atoms with Gasteiger partial charge in [0.2, 0.25) is 17.6 Å². The lowest BCUT2D eigenvalue weighted by atomic mass is 10.1. The molecule has 31 heavy (non-hydrogen) atoms. The van der Waals surface area contributed by atoms with Crippen LogP contribution in [0.4, 0.5) is 13.2 Å². The van der Waals surface area contributed by atoms with Gasteiger partial charge in [-0.1, -0.05) is 41.1 Å². The van der Waals surface area contributed by atoms with E-state index in [1.807, 2.05) is 32.0 Å². The van der Waals surface area contributed by atoms with Crippen molar-refractivity contribution in [2.45, 2.75) is 45.6 Å². The van der Waals surface area contributed by atoms with Crippen LogP contribution in [0.2, 0.25) is 0 Å². The van der Waals surface area contributed by atoms with E-state index >= 15 is 0 Å². The average Bonchev–Trinajstić information content (AvgIpc) is 3.30. The molecule has 0 bridgehead atoms. The first-order valence-electron chi connectivity index (χ1n) is 9.75. The standard InChI is InChI=1S/C22H20F3N3O3/c1-13-3-8-17(14(2)11-13)20-26-21(31-27-20)18-9-10-19(29)28(18)12-15-4-6-16(7-5-15)30-22(23,24)25/h3-8,11,18H,9-10,12H2,1-2H3. The molecule has 1 unspecified atom stereocenters. The van der Waals surface area contributed by atoms with Crippen molar-refractivity contribution < 1.29 is 27.2 Å². The van der Waals surface area contributed by atoms with Crippen LogP contribution in [0.25, 0.3) is 11.4 Å². The Morgan fingerprint density at radius 1 is 1.16 bits per heavy atom. The molecule has 0 saturated carbocycles. The molecule has 2 heterocycles. The first-order chi connectivity index (χ1) is 14.7. The number of aryl methyl sites for hydroxylation is 2. The number of hydrogen-bond donors (Lipinski definition) is 0. The van der Waals surface area contributed by atoms with E-state index in [0.717, 1.165) is 16.7 Å². The summed E-state index contributed by atoms with van der Waals surface area (Å²) in [5.41, 5.74) is 3.68. The molecule has 9 heteroatoms. The first-order valence-corrected chi connectivity index (χ1v) is 9.75. The second-order valence-corrected chi connectivity index (χ2v) is 7.54. The van der Waals surface area contributed by atoms with E-state index in [9.17, 15) is 18.0 Å². The molecule has 162 valence electrons. The number of hydrogen-bond acceptors (Lipinski definition) is 5. The van der Waals surface area contributed by atoms with E-state index < -0.39 is 6.36 Å². The topological polar surface area (TPSA) is 68.5 Å². The van der Waals surface area contributed by atoms with Gasteiger partial charge in [-0.05, 0) is 43.5 Å². The van der Waals surface area contributed by atoms with Gasteiger partial charge in [-0.3, -0.25) is 4.79 Å². The SMILES string of the molecule is Cc1ccc(-c2noc(C3CCC(=O)N3Cc3ccc(OC(F)(F)F)cc3)n2)c(C)c1. The molecule has 1 aliphatic heterocycles. The minimum atomic E-state index is -4.75. The average molecular weight is 431 g/mol. The summed E-state index contributed by atoms with van der Waals surface area (Å²) in [5.74, 6) is 0.417. The Balaban J connectivity index is 1.52. The molecule has 0 aliphatic carbocycles. The fraction of sp³-hybridized carbons (Fsp3) is 0.318. The van der Waals surface area contributed by atoms with E-state index in [1.54, 1.807) is 4.90 Å². The minimum Gasteiger partial charge on any atom is -0.406 e. The Morgan fingerprint density at radius 2 is 1.90 bits per heavy atom. The highest BCUT2D eigenvalue weighted by molar-refractivity contribution is 5.79. The van der Waals surface area contributed by atoms with Crippen molar-refractivity contribution in [2.24, 2.45) is 0 Å². The van der Waals surface area contributed by atoms with Gasteiger partial charge in [0.05, 0.1) is 0 Å². The number of alkyl halides is 3. The molecule has 4 rings (SSSR count). The summed E-state index contributed by atoms with van der Waals surface area (Å²) in [6.45, 7) is 4.19. The third-order valence-electron chi connectivity index (χ3n) is 5.19. The zero-order chi connectivity index (χ0) is 22.2. The number of likely N-dealkylation sites (tertiary alicyclic amines) is 1. The number of halogens is 3. The molecule has 3 aromatic rings. The second-order valence-electron chi connectivity index (χ2n) is 7.54. The Labute approximate surface area is 176 Å². The maximum atomic E-state index is 12.4. The van der Waals surface area contributed by atoms with Crippen LogP contribution in [0, 0.1) is 13.8 Å². The van der Waals surface area contributed by atoms with Crippen LogP contribution < -0.4 is 4.74 Å². The van der Waals surface area contributed by atoms with Gasteiger partial charge in [-0.2, -0.15) is 4.98 Å². The highest BCUT2D eigenvalue weighted by atomic mass is 19.4. The zero-order valence-electron chi connectivity index (χ0n) is 16.9. The van der Waals surface area contributed by atoms with Gasteiger partial charge in [0, 0.05) is 18.5 Å². The zero-order valence-corrected chi connectivity index (χ0v) is 16.9. The van der Waals surface area contributed by atoms with Crippen molar-refractivity contribution in [3.05, 3.63) is 65.0 Å². The van der Waals surface area contributed by atoms with Crippen molar-refractivity contribution >= 4 is 5.91 Å². The van der Waals surface area contributed by atoms with E-state index in [-0.39, 0.29) is 24.2 Å². The summed E-state index contributed by atoms with van der Waals surface area (Å²) >= 11 is 0. The molecule has 1 amide bonds. The number of nitrogens with zero attached hydrogens (tertiary/aromatic N) is 3. The first kappa shape index (κ1) is 20.9. The molecular weight excluding hydrogens is 411 g/mol. The largest absolute Gasteiger partial charge is 0.573 e.